The van der Waals surface area contributed by atoms with E-state index in [9.17, 15) is 13.6 Å². The zero-order valence-corrected chi connectivity index (χ0v) is 13.2. The van der Waals surface area contributed by atoms with Gasteiger partial charge in [-0.05, 0) is 46.3 Å². The lowest BCUT2D eigenvalue weighted by molar-refractivity contribution is 0.112. The summed E-state index contributed by atoms with van der Waals surface area (Å²) < 4.78 is 33.4. The molecular weight excluding hydrogens is 398 g/mol. The first kappa shape index (κ1) is 15.1. The van der Waals surface area contributed by atoms with Crippen LogP contribution in [0.5, 0.6) is 5.75 Å². The maximum absolute atomic E-state index is 13.7. The molecule has 0 saturated carbocycles. The van der Waals surface area contributed by atoms with Crippen molar-refractivity contribution < 1.29 is 18.3 Å². The Kier molecular flexibility index (Phi) is 4.88. The van der Waals surface area contributed by atoms with Gasteiger partial charge < -0.3 is 4.74 Å². The molecule has 2 aromatic rings. The fourth-order valence-corrected chi connectivity index (χ4v) is 2.27. The lowest BCUT2D eigenvalue weighted by Gasteiger charge is -2.10. The number of carbonyl (C=O) groups is 1. The maximum atomic E-state index is 13.7. The van der Waals surface area contributed by atoms with Gasteiger partial charge in [0.15, 0.2) is 6.29 Å². The van der Waals surface area contributed by atoms with Crippen molar-refractivity contribution in [3.05, 3.63) is 62.0 Å². The summed E-state index contributed by atoms with van der Waals surface area (Å²) in [7, 11) is 0. The highest BCUT2D eigenvalue weighted by molar-refractivity contribution is 9.10. The molecule has 0 atom stereocenters. The molecule has 0 unspecified atom stereocenters. The molecule has 2 aromatic carbocycles. The largest absolute Gasteiger partial charge is 0.489 e. The molecule has 0 aliphatic heterocycles. The Morgan fingerprint density at radius 2 is 1.80 bits per heavy atom. The van der Waals surface area contributed by atoms with Gasteiger partial charge in [-0.15, -0.1) is 0 Å². The molecule has 0 N–H and O–H groups in total. The molecule has 104 valence electrons. The number of hydrogen-bond donors (Lipinski definition) is 0. The molecule has 0 radical (unpaired) electrons. The van der Waals surface area contributed by atoms with Crippen LogP contribution in [0.1, 0.15) is 15.9 Å². The van der Waals surface area contributed by atoms with E-state index in [0.29, 0.717) is 22.1 Å². The van der Waals surface area contributed by atoms with Crippen LogP contribution in [0, 0.1) is 11.6 Å². The SMILES string of the molecule is O=Cc1cc(OCc2c(F)ccc(Br)c2F)ccc1Br. The van der Waals surface area contributed by atoms with Gasteiger partial charge in [0.2, 0.25) is 0 Å². The van der Waals surface area contributed by atoms with Crippen molar-refractivity contribution in [2.75, 3.05) is 0 Å². The zero-order chi connectivity index (χ0) is 14.7. The van der Waals surface area contributed by atoms with Gasteiger partial charge in [0, 0.05) is 10.0 Å². The highest BCUT2D eigenvalue weighted by Crippen LogP contribution is 2.25. The first-order valence-corrected chi connectivity index (χ1v) is 7.11. The van der Waals surface area contributed by atoms with Crippen LogP contribution >= 0.6 is 31.9 Å². The third kappa shape index (κ3) is 3.24. The molecule has 0 bridgehead atoms. The minimum atomic E-state index is -0.697. The van der Waals surface area contributed by atoms with Gasteiger partial charge in [-0.25, -0.2) is 8.78 Å². The van der Waals surface area contributed by atoms with Crippen LogP contribution in [-0.2, 0) is 6.61 Å². The highest BCUT2D eigenvalue weighted by Gasteiger charge is 2.13. The van der Waals surface area contributed by atoms with Crippen LogP contribution in [0.15, 0.2) is 39.3 Å². The Morgan fingerprint density at radius 3 is 2.50 bits per heavy atom. The van der Waals surface area contributed by atoms with E-state index in [1.807, 2.05) is 0 Å². The maximum Gasteiger partial charge on any atom is 0.151 e. The van der Waals surface area contributed by atoms with E-state index in [4.69, 9.17) is 4.74 Å². The molecule has 0 spiro atoms. The van der Waals surface area contributed by atoms with E-state index in [1.54, 1.807) is 12.1 Å². The van der Waals surface area contributed by atoms with Crippen LogP contribution in [-0.4, -0.2) is 6.29 Å². The summed E-state index contributed by atoms with van der Waals surface area (Å²) in [5.74, 6) is -1.02. The summed E-state index contributed by atoms with van der Waals surface area (Å²) in [5.41, 5.74) is 0.229. The predicted molar refractivity (Wildman–Crippen MR) is 77.9 cm³/mol. The van der Waals surface area contributed by atoms with E-state index in [2.05, 4.69) is 31.9 Å². The van der Waals surface area contributed by atoms with Crippen molar-refractivity contribution in [1.82, 2.24) is 0 Å². The first-order chi connectivity index (χ1) is 9.52. The summed E-state index contributed by atoms with van der Waals surface area (Å²) in [6, 6.07) is 7.17. The number of carbonyl (C=O) groups excluding carboxylic acids is 1. The van der Waals surface area contributed by atoms with Gasteiger partial charge in [0.1, 0.15) is 24.0 Å². The zero-order valence-electron chi connectivity index (χ0n) is 10.00. The van der Waals surface area contributed by atoms with Crippen LogP contribution < -0.4 is 4.74 Å². The fraction of sp³-hybridized carbons (Fsp3) is 0.0714. The summed E-state index contributed by atoms with van der Waals surface area (Å²) in [4.78, 5) is 10.8. The fourth-order valence-electron chi connectivity index (χ4n) is 1.56. The molecule has 2 rings (SSSR count). The number of ether oxygens (including phenoxy) is 1. The molecule has 20 heavy (non-hydrogen) atoms. The quantitative estimate of drug-likeness (QED) is 0.535. The number of hydrogen-bond acceptors (Lipinski definition) is 2. The highest BCUT2D eigenvalue weighted by atomic mass is 79.9. The summed E-state index contributed by atoms with van der Waals surface area (Å²) in [6.07, 6.45) is 0.664. The number of halogens is 4. The van der Waals surface area contributed by atoms with Crippen molar-refractivity contribution in [1.29, 1.82) is 0 Å². The Balaban J connectivity index is 2.21. The van der Waals surface area contributed by atoms with Gasteiger partial charge in [-0.3, -0.25) is 4.79 Å². The molecule has 0 aliphatic carbocycles. The number of rotatable bonds is 4. The molecule has 0 heterocycles. The Bertz CT molecular complexity index is 660. The second kappa shape index (κ2) is 6.45. The minimum absolute atomic E-state index is 0.168. The van der Waals surface area contributed by atoms with Crippen molar-refractivity contribution in [3.8, 4) is 5.75 Å². The summed E-state index contributed by atoms with van der Waals surface area (Å²) in [5, 5.41) is 0. The van der Waals surface area contributed by atoms with Crippen LogP contribution in [0.2, 0.25) is 0 Å². The van der Waals surface area contributed by atoms with E-state index in [1.165, 1.54) is 12.1 Å². The van der Waals surface area contributed by atoms with E-state index in [-0.39, 0.29) is 16.6 Å². The van der Waals surface area contributed by atoms with Gasteiger partial charge in [-0.2, -0.15) is 0 Å². The monoisotopic (exact) mass is 404 g/mol. The normalized spacial score (nSPS) is 10.4. The smallest absolute Gasteiger partial charge is 0.151 e. The van der Waals surface area contributed by atoms with Crippen LogP contribution in [0.4, 0.5) is 8.78 Å². The topological polar surface area (TPSA) is 26.3 Å². The van der Waals surface area contributed by atoms with Crippen molar-refractivity contribution in [2.45, 2.75) is 6.61 Å². The van der Waals surface area contributed by atoms with Crippen LogP contribution in [0.25, 0.3) is 0 Å². The Labute approximate surface area is 131 Å². The van der Waals surface area contributed by atoms with Crippen molar-refractivity contribution in [2.24, 2.45) is 0 Å². The Morgan fingerprint density at radius 1 is 1.10 bits per heavy atom. The van der Waals surface area contributed by atoms with Gasteiger partial charge >= 0.3 is 0 Å². The third-order valence-electron chi connectivity index (χ3n) is 2.62. The second-order valence-electron chi connectivity index (χ2n) is 3.91. The Hall–Kier alpha value is -1.27. The number of benzene rings is 2. The van der Waals surface area contributed by atoms with E-state index in [0.717, 1.165) is 6.07 Å². The van der Waals surface area contributed by atoms with Gasteiger partial charge in [0.05, 0.1) is 10.0 Å². The van der Waals surface area contributed by atoms with Gasteiger partial charge in [-0.1, -0.05) is 15.9 Å². The molecular formula is C14H8Br2F2O2. The molecule has 2 nitrogen and oxygen atoms in total. The van der Waals surface area contributed by atoms with E-state index < -0.39 is 11.6 Å². The second-order valence-corrected chi connectivity index (χ2v) is 5.62. The standard InChI is InChI=1S/C14H8Br2F2O2/c15-11-2-1-9(5-8(11)6-19)20-7-10-13(17)4-3-12(16)14(10)18/h1-6H,7H2. The van der Waals surface area contributed by atoms with Crippen molar-refractivity contribution in [3.63, 3.8) is 0 Å². The number of aldehydes is 1. The van der Waals surface area contributed by atoms with Gasteiger partial charge in [0.25, 0.3) is 0 Å². The molecule has 6 heteroatoms. The van der Waals surface area contributed by atoms with Crippen molar-refractivity contribution >= 4 is 38.1 Å². The molecule has 0 aliphatic rings. The predicted octanol–water partition coefficient (Wildman–Crippen LogP) is 4.88. The lowest BCUT2D eigenvalue weighted by Crippen LogP contribution is -2.03. The lowest BCUT2D eigenvalue weighted by atomic mass is 10.2. The average Bonchev–Trinajstić information content (AvgIpc) is 2.44. The average molecular weight is 406 g/mol. The third-order valence-corrected chi connectivity index (χ3v) is 3.95. The summed E-state index contributed by atoms with van der Waals surface area (Å²) in [6.45, 7) is -0.267. The minimum Gasteiger partial charge on any atom is -0.489 e. The molecule has 0 amide bonds. The molecule has 0 aromatic heterocycles. The van der Waals surface area contributed by atoms with Crippen LogP contribution in [0.3, 0.4) is 0 Å². The van der Waals surface area contributed by atoms with E-state index >= 15 is 0 Å². The molecule has 0 fully saturated rings. The first-order valence-electron chi connectivity index (χ1n) is 5.53. The summed E-state index contributed by atoms with van der Waals surface area (Å²) >= 11 is 6.20. The molecule has 0 saturated heterocycles.